The lowest BCUT2D eigenvalue weighted by atomic mass is 10.2. The molecule has 102 valence electrons. The number of ether oxygens (including phenoxy) is 3. The summed E-state index contributed by atoms with van der Waals surface area (Å²) in [6.45, 7) is -0.614. The fourth-order valence-corrected chi connectivity index (χ4v) is 1.25. The maximum absolute atomic E-state index is 11.4. The van der Waals surface area contributed by atoms with Crippen molar-refractivity contribution in [2.45, 2.75) is 0 Å². The van der Waals surface area contributed by atoms with Crippen molar-refractivity contribution in [2.75, 3.05) is 20.8 Å². The van der Waals surface area contributed by atoms with Crippen LogP contribution in [0.15, 0.2) is 30.0 Å². The van der Waals surface area contributed by atoms with Crippen molar-refractivity contribution >= 4 is 18.0 Å². The number of methoxy groups -OCH3 is 2. The Hall–Kier alpha value is -2.50. The highest BCUT2D eigenvalue weighted by Gasteiger charge is 2.13. The molecule has 0 unspecified atom stereocenters. The highest BCUT2D eigenvalue weighted by atomic mass is 16.6. The Bertz CT molecular complexity index is 474. The molecule has 0 aromatic heterocycles. The number of hydrogen-bond donors (Lipinski definition) is 1. The molecule has 6 heteroatoms. The van der Waals surface area contributed by atoms with Crippen LogP contribution in [0.25, 0.3) is 6.08 Å². The van der Waals surface area contributed by atoms with E-state index in [2.05, 4.69) is 4.74 Å². The van der Waals surface area contributed by atoms with Crippen LogP contribution >= 0.6 is 0 Å². The predicted octanol–water partition coefficient (Wildman–Crippen LogP) is 1.31. The van der Waals surface area contributed by atoms with Crippen molar-refractivity contribution in [3.63, 3.8) is 0 Å². The lowest BCUT2D eigenvalue weighted by Gasteiger charge is -2.06. The molecule has 0 aliphatic rings. The van der Waals surface area contributed by atoms with Crippen LogP contribution in [-0.4, -0.2) is 37.9 Å². The Morgan fingerprint density at radius 1 is 1.21 bits per heavy atom. The normalized spacial score (nSPS) is 10.7. The molecular formula is C13H14O6. The summed E-state index contributed by atoms with van der Waals surface area (Å²) in [4.78, 5) is 21.8. The lowest BCUT2D eigenvalue weighted by Crippen LogP contribution is -2.13. The summed E-state index contributed by atoms with van der Waals surface area (Å²) >= 11 is 0. The smallest absolute Gasteiger partial charge is 0.373 e. The molecule has 0 saturated carbocycles. The van der Waals surface area contributed by atoms with Gasteiger partial charge in [-0.15, -0.1) is 0 Å². The third-order valence-electron chi connectivity index (χ3n) is 2.15. The molecule has 0 fully saturated rings. The van der Waals surface area contributed by atoms with Crippen molar-refractivity contribution in [3.05, 3.63) is 35.6 Å². The molecule has 0 amide bonds. The van der Waals surface area contributed by atoms with Crippen LogP contribution in [-0.2, 0) is 19.1 Å². The minimum Gasteiger partial charge on any atom is -0.497 e. The van der Waals surface area contributed by atoms with Crippen molar-refractivity contribution in [1.82, 2.24) is 0 Å². The maximum atomic E-state index is 11.4. The Kier molecular flexibility index (Phi) is 5.40. The van der Waals surface area contributed by atoms with Gasteiger partial charge in [0.25, 0.3) is 0 Å². The summed E-state index contributed by atoms with van der Waals surface area (Å²) in [6.07, 6.45) is 1.40. The number of benzene rings is 1. The number of rotatable bonds is 6. The van der Waals surface area contributed by atoms with Crippen LogP contribution < -0.4 is 4.74 Å². The average Bonchev–Trinajstić information content (AvgIpc) is 2.43. The standard InChI is InChI=1S/C13H14O6/c1-17-10-5-3-9(4-6-10)7-11(13(16)18-2)19-8-12(14)15/h3-7H,8H2,1-2H3,(H,14,15). The number of aliphatic carboxylic acids is 1. The first-order valence-corrected chi connectivity index (χ1v) is 5.35. The molecule has 6 nitrogen and oxygen atoms in total. The lowest BCUT2D eigenvalue weighted by molar-refractivity contribution is -0.144. The van der Waals surface area contributed by atoms with E-state index in [9.17, 15) is 9.59 Å². The van der Waals surface area contributed by atoms with Crippen LogP contribution in [0.4, 0.5) is 0 Å². The Morgan fingerprint density at radius 2 is 1.84 bits per heavy atom. The molecule has 0 heterocycles. The van der Waals surface area contributed by atoms with Crippen LogP contribution in [0.5, 0.6) is 5.75 Å². The molecule has 0 aliphatic heterocycles. The molecule has 0 aliphatic carbocycles. The van der Waals surface area contributed by atoms with Gasteiger partial charge < -0.3 is 19.3 Å². The SMILES string of the molecule is COC(=O)C(=Cc1ccc(OC)cc1)OCC(=O)O. The number of esters is 1. The first-order valence-electron chi connectivity index (χ1n) is 5.35. The van der Waals surface area contributed by atoms with E-state index in [0.29, 0.717) is 11.3 Å². The third-order valence-corrected chi connectivity index (χ3v) is 2.15. The number of hydrogen-bond acceptors (Lipinski definition) is 5. The first kappa shape index (κ1) is 14.6. The number of carboxylic acids is 1. The highest BCUT2D eigenvalue weighted by Crippen LogP contribution is 2.15. The van der Waals surface area contributed by atoms with E-state index in [1.807, 2.05) is 0 Å². The van der Waals surface area contributed by atoms with Crippen LogP contribution in [0.2, 0.25) is 0 Å². The van der Waals surface area contributed by atoms with Crippen molar-refractivity contribution in [1.29, 1.82) is 0 Å². The second-order valence-electron chi connectivity index (χ2n) is 3.46. The van der Waals surface area contributed by atoms with Gasteiger partial charge in [-0.3, -0.25) is 0 Å². The summed E-state index contributed by atoms with van der Waals surface area (Å²) in [5.41, 5.74) is 0.659. The van der Waals surface area contributed by atoms with Gasteiger partial charge in [0.05, 0.1) is 14.2 Å². The van der Waals surface area contributed by atoms with Crippen LogP contribution in [0.1, 0.15) is 5.56 Å². The van der Waals surface area contributed by atoms with Crippen molar-refractivity contribution in [3.8, 4) is 5.75 Å². The molecule has 0 radical (unpaired) electrons. The molecule has 1 N–H and O–H groups in total. The van der Waals surface area contributed by atoms with E-state index in [1.54, 1.807) is 31.4 Å². The summed E-state index contributed by atoms with van der Waals surface area (Å²) < 4.78 is 14.4. The number of carbonyl (C=O) groups excluding carboxylic acids is 1. The second-order valence-corrected chi connectivity index (χ2v) is 3.46. The Morgan fingerprint density at radius 3 is 2.32 bits per heavy atom. The molecule has 1 aromatic rings. The zero-order valence-electron chi connectivity index (χ0n) is 10.6. The minimum atomic E-state index is -1.18. The topological polar surface area (TPSA) is 82.1 Å². The molecule has 0 bridgehead atoms. The first-order chi connectivity index (χ1) is 9.06. The molecule has 1 rings (SSSR count). The summed E-state index contributed by atoms with van der Waals surface area (Å²) in [7, 11) is 2.73. The van der Waals surface area contributed by atoms with E-state index < -0.39 is 18.5 Å². The van der Waals surface area contributed by atoms with E-state index in [0.717, 1.165) is 0 Å². The highest BCUT2D eigenvalue weighted by molar-refractivity contribution is 5.91. The van der Waals surface area contributed by atoms with E-state index in [4.69, 9.17) is 14.6 Å². The number of carbonyl (C=O) groups is 2. The summed E-state index contributed by atoms with van der Waals surface area (Å²) in [6, 6.07) is 6.81. The predicted molar refractivity (Wildman–Crippen MR) is 66.6 cm³/mol. The van der Waals surface area contributed by atoms with Gasteiger partial charge in [-0.05, 0) is 23.8 Å². The van der Waals surface area contributed by atoms with Gasteiger partial charge in [-0.2, -0.15) is 0 Å². The fourth-order valence-electron chi connectivity index (χ4n) is 1.25. The van der Waals surface area contributed by atoms with E-state index >= 15 is 0 Å². The van der Waals surface area contributed by atoms with E-state index in [-0.39, 0.29) is 5.76 Å². The Labute approximate surface area is 110 Å². The second kappa shape index (κ2) is 7.05. The summed E-state index contributed by atoms with van der Waals surface area (Å²) in [5, 5.41) is 8.53. The Balaban J connectivity index is 2.90. The zero-order valence-corrected chi connectivity index (χ0v) is 10.6. The molecular weight excluding hydrogens is 252 g/mol. The molecule has 0 atom stereocenters. The quantitative estimate of drug-likeness (QED) is 0.475. The average molecular weight is 266 g/mol. The maximum Gasteiger partial charge on any atom is 0.373 e. The zero-order chi connectivity index (χ0) is 14.3. The van der Waals surface area contributed by atoms with E-state index in [1.165, 1.54) is 13.2 Å². The largest absolute Gasteiger partial charge is 0.497 e. The van der Waals surface area contributed by atoms with Crippen molar-refractivity contribution < 1.29 is 28.9 Å². The van der Waals surface area contributed by atoms with Gasteiger partial charge in [0, 0.05) is 0 Å². The molecule has 1 aromatic carbocycles. The van der Waals surface area contributed by atoms with Gasteiger partial charge in [-0.25, -0.2) is 9.59 Å². The molecule has 0 saturated heterocycles. The fraction of sp³-hybridized carbons (Fsp3) is 0.231. The van der Waals surface area contributed by atoms with Gasteiger partial charge in [0.2, 0.25) is 5.76 Å². The van der Waals surface area contributed by atoms with Gasteiger partial charge >= 0.3 is 11.9 Å². The summed E-state index contributed by atoms with van der Waals surface area (Å²) in [5.74, 6) is -1.42. The molecule has 0 spiro atoms. The third kappa shape index (κ3) is 4.71. The number of carboxylic acid groups (broad SMARTS) is 1. The van der Waals surface area contributed by atoms with Gasteiger partial charge in [0.15, 0.2) is 6.61 Å². The van der Waals surface area contributed by atoms with Crippen molar-refractivity contribution in [2.24, 2.45) is 0 Å². The van der Waals surface area contributed by atoms with Crippen LogP contribution in [0.3, 0.4) is 0 Å². The molecule has 19 heavy (non-hydrogen) atoms. The van der Waals surface area contributed by atoms with Gasteiger partial charge in [-0.1, -0.05) is 12.1 Å². The minimum absolute atomic E-state index is 0.171. The monoisotopic (exact) mass is 266 g/mol. The van der Waals surface area contributed by atoms with Crippen LogP contribution in [0, 0.1) is 0 Å². The van der Waals surface area contributed by atoms with Gasteiger partial charge in [0.1, 0.15) is 5.75 Å².